The third kappa shape index (κ3) is 3.85. The predicted octanol–water partition coefficient (Wildman–Crippen LogP) is 3.87. The van der Waals surface area contributed by atoms with E-state index in [-0.39, 0.29) is 0 Å². The summed E-state index contributed by atoms with van der Waals surface area (Å²) < 4.78 is 6.17. The maximum atomic E-state index is 5.28. The monoisotopic (exact) mass is 359 g/mol. The Labute approximate surface area is 124 Å². The fraction of sp³-hybridized carbons (Fsp3) is 0.600. The van der Waals surface area contributed by atoms with Crippen molar-refractivity contribution in [3.8, 4) is 5.75 Å². The molecule has 0 aromatic heterocycles. The van der Waals surface area contributed by atoms with Crippen molar-refractivity contribution >= 4 is 22.6 Å². The minimum absolute atomic E-state index is 0.752. The maximum absolute atomic E-state index is 5.28. The number of rotatable bonds is 4. The van der Waals surface area contributed by atoms with E-state index in [9.17, 15) is 0 Å². The third-order valence-electron chi connectivity index (χ3n) is 3.82. The Morgan fingerprint density at radius 2 is 2.00 bits per heavy atom. The minimum Gasteiger partial charge on any atom is -0.497 e. The van der Waals surface area contributed by atoms with Gasteiger partial charge in [-0.05, 0) is 50.4 Å². The van der Waals surface area contributed by atoms with Crippen molar-refractivity contribution in [3.05, 3.63) is 29.8 Å². The van der Waals surface area contributed by atoms with Gasteiger partial charge < -0.3 is 4.74 Å². The maximum Gasteiger partial charge on any atom is 0.119 e. The molecule has 0 N–H and O–H groups in total. The summed E-state index contributed by atoms with van der Waals surface area (Å²) in [5, 5.41) is 0. The van der Waals surface area contributed by atoms with Gasteiger partial charge in [-0.25, -0.2) is 0 Å². The Kier molecular flexibility index (Phi) is 5.30. The molecule has 0 spiro atoms. The highest BCUT2D eigenvalue weighted by molar-refractivity contribution is 14.1. The second kappa shape index (κ2) is 6.75. The van der Waals surface area contributed by atoms with Gasteiger partial charge in [0.15, 0.2) is 0 Å². The Balaban J connectivity index is 1.91. The second-order valence-corrected chi connectivity index (χ2v) is 6.93. The number of hydrogen-bond acceptors (Lipinski definition) is 2. The van der Waals surface area contributed by atoms with Gasteiger partial charge in [-0.1, -0.05) is 34.7 Å². The van der Waals surface area contributed by atoms with Crippen LogP contribution < -0.4 is 4.74 Å². The van der Waals surface area contributed by atoms with Gasteiger partial charge in [0.25, 0.3) is 0 Å². The van der Waals surface area contributed by atoms with Gasteiger partial charge in [0.05, 0.1) is 7.11 Å². The first kappa shape index (κ1) is 14.1. The summed E-state index contributed by atoms with van der Waals surface area (Å²) >= 11 is 2.59. The molecule has 18 heavy (non-hydrogen) atoms. The van der Waals surface area contributed by atoms with Crippen molar-refractivity contribution < 1.29 is 4.74 Å². The normalized spacial score (nSPS) is 24.2. The van der Waals surface area contributed by atoms with Crippen LogP contribution in [-0.2, 0) is 6.54 Å². The molecule has 1 aromatic carbocycles. The highest BCUT2D eigenvalue weighted by atomic mass is 127. The first-order chi connectivity index (χ1) is 8.69. The average Bonchev–Trinajstić information content (AvgIpc) is 2.39. The number of hydrogen-bond donors (Lipinski definition) is 0. The molecular formula is C15H22INO. The summed E-state index contributed by atoms with van der Waals surface area (Å²) in [5.74, 6) is 0.955. The Morgan fingerprint density at radius 1 is 1.28 bits per heavy atom. The molecule has 2 nitrogen and oxygen atoms in total. The van der Waals surface area contributed by atoms with E-state index >= 15 is 0 Å². The number of benzene rings is 1. The van der Waals surface area contributed by atoms with Gasteiger partial charge in [0.2, 0.25) is 0 Å². The Morgan fingerprint density at radius 3 is 2.67 bits per heavy atom. The topological polar surface area (TPSA) is 12.5 Å². The molecule has 0 saturated heterocycles. The van der Waals surface area contributed by atoms with Crippen LogP contribution in [0.2, 0.25) is 0 Å². The molecule has 1 saturated carbocycles. The lowest BCUT2D eigenvalue weighted by atomic mass is 9.94. The van der Waals surface area contributed by atoms with Gasteiger partial charge in [0, 0.05) is 16.5 Å². The minimum atomic E-state index is 0.752. The molecule has 0 unspecified atom stereocenters. The van der Waals surface area contributed by atoms with Gasteiger partial charge >= 0.3 is 0 Å². The van der Waals surface area contributed by atoms with Gasteiger partial charge in [-0.2, -0.15) is 0 Å². The fourth-order valence-corrected chi connectivity index (χ4v) is 3.38. The molecule has 3 heteroatoms. The molecule has 2 rings (SSSR count). The highest BCUT2D eigenvalue weighted by Gasteiger charge is 2.22. The van der Waals surface area contributed by atoms with Gasteiger partial charge in [-0.15, -0.1) is 0 Å². The van der Waals surface area contributed by atoms with Crippen molar-refractivity contribution in [1.82, 2.24) is 4.90 Å². The first-order valence-electron chi connectivity index (χ1n) is 6.66. The third-order valence-corrected chi connectivity index (χ3v) is 5.06. The van der Waals surface area contributed by atoms with E-state index in [0.29, 0.717) is 0 Å². The van der Waals surface area contributed by atoms with Crippen LogP contribution in [0, 0.1) is 0 Å². The van der Waals surface area contributed by atoms with Crippen LogP contribution in [0.25, 0.3) is 0 Å². The summed E-state index contributed by atoms with van der Waals surface area (Å²) in [4.78, 5) is 2.50. The summed E-state index contributed by atoms with van der Waals surface area (Å²) in [5.41, 5.74) is 1.34. The zero-order valence-electron chi connectivity index (χ0n) is 11.2. The number of halogens is 1. The molecule has 0 atom stereocenters. The first-order valence-corrected chi connectivity index (χ1v) is 7.91. The van der Waals surface area contributed by atoms with E-state index < -0.39 is 0 Å². The van der Waals surface area contributed by atoms with Crippen molar-refractivity contribution in [2.24, 2.45) is 0 Å². The second-order valence-electron chi connectivity index (χ2n) is 5.17. The summed E-state index contributed by atoms with van der Waals surface area (Å²) in [7, 11) is 3.97. The van der Waals surface area contributed by atoms with E-state index in [1.807, 2.05) is 6.07 Å². The van der Waals surface area contributed by atoms with Crippen LogP contribution in [0.5, 0.6) is 5.75 Å². The Bertz CT molecular complexity index is 375. The number of alkyl halides is 1. The summed E-state index contributed by atoms with van der Waals surface area (Å²) in [6.45, 7) is 1.02. The zero-order valence-corrected chi connectivity index (χ0v) is 13.4. The van der Waals surface area contributed by atoms with Crippen LogP contribution in [-0.4, -0.2) is 29.0 Å². The average molecular weight is 359 g/mol. The van der Waals surface area contributed by atoms with Crippen LogP contribution in [0.3, 0.4) is 0 Å². The van der Waals surface area contributed by atoms with Crippen LogP contribution >= 0.6 is 22.6 Å². The van der Waals surface area contributed by atoms with E-state index in [2.05, 4.69) is 52.7 Å². The van der Waals surface area contributed by atoms with Gasteiger partial charge in [0.1, 0.15) is 5.75 Å². The largest absolute Gasteiger partial charge is 0.497 e. The molecule has 1 aromatic rings. The highest BCUT2D eigenvalue weighted by Crippen LogP contribution is 2.28. The lowest BCUT2D eigenvalue weighted by Gasteiger charge is -2.33. The molecule has 1 aliphatic carbocycles. The number of methoxy groups -OCH3 is 1. The lowest BCUT2D eigenvalue weighted by molar-refractivity contribution is 0.188. The smallest absolute Gasteiger partial charge is 0.119 e. The van der Waals surface area contributed by atoms with Gasteiger partial charge in [-0.3, -0.25) is 4.90 Å². The standard InChI is InChI=1S/C15H22INO/c1-17(14-8-6-13(16)7-9-14)11-12-4-3-5-15(10-12)18-2/h3-5,10,13-14H,6-9,11H2,1-2H3. The molecule has 0 aliphatic heterocycles. The van der Waals surface area contributed by atoms with Crippen LogP contribution in [0.4, 0.5) is 0 Å². The van der Waals surface area contributed by atoms with E-state index in [4.69, 9.17) is 4.74 Å². The molecule has 1 fully saturated rings. The van der Waals surface area contributed by atoms with Crippen molar-refractivity contribution in [3.63, 3.8) is 0 Å². The number of nitrogens with zero attached hydrogens (tertiary/aromatic N) is 1. The van der Waals surface area contributed by atoms with Crippen LogP contribution in [0.15, 0.2) is 24.3 Å². The zero-order chi connectivity index (χ0) is 13.0. The van der Waals surface area contributed by atoms with Crippen molar-refractivity contribution in [2.45, 2.75) is 42.2 Å². The van der Waals surface area contributed by atoms with Crippen molar-refractivity contribution in [1.29, 1.82) is 0 Å². The molecule has 0 radical (unpaired) electrons. The Hall–Kier alpha value is -0.290. The van der Waals surface area contributed by atoms with Crippen LogP contribution in [0.1, 0.15) is 31.2 Å². The van der Waals surface area contributed by atoms with E-state index in [1.54, 1.807) is 7.11 Å². The molecule has 0 heterocycles. The molecular weight excluding hydrogens is 337 g/mol. The SMILES string of the molecule is COc1cccc(CN(C)C2CCC(I)CC2)c1. The molecule has 100 valence electrons. The lowest BCUT2D eigenvalue weighted by Crippen LogP contribution is -2.34. The predicted molar refractivity (Wildman–Crippen MR) is 84.5 cm³/mol. The summed E-state index contributed by atoms with van der Waals surface area (Å²) in [6.07, 6.45) is 5.42. The molecule has 0 bridgehead atoms. The quantitative estimate of drug-likeness (QED) is 0.598. The summed E-state index contributed by atoms with van der Waals surface area (Å²) in [6, 6.07) is 9.15. The fourth-order valence-electron chi connectivity index (χ4n) is 2.66. The van der Waals surface area contributed by atoms with Crippen molar-refractivity contribution in [2.75, 3.05) is 14.2 Å². The van der Waals surface area contributed by atoms with E-state index in [1.165, 1.54) is 31.2 Å². The molecule has 1 aliphatic rings. The van der Waals surface area contributed by atoms with E-state index in [0.717, 1.165) is 22.3 Å². The number of ether oxygens (including phenoxy) is 1. The molecule has 0 amide bonds.